The molecule has 1 heterocycles. The molecule has 136 valence electrons. The second kappa shape index (κ2) is 8.96. The first-order valence-corrected chi connectivity index (χ1v) is 8.73. The molecule has 0 aliphatic heterocycles. The largest absolute Gasteiger partial charge is 0.460 e. The fourth-order valence-electron chi connectivity index (χ4n) is 2.54. The lowest BCUT2D eigenvalue weighted by molar-refractivity contribution is 0.0511. The van der Waals surface area contributed by atoms with Crippen LogP contribution in [0.25, 0.3) is 0 Å². The number of benzene rings is 2. The van der Waals surface area contributed by atoms with Crippen molar-refractivity contribution in [2.75, 3.05) is 18.1 Å². The Labute approximate surface area is 162 Å². The quantitative estimate of drug-likeness (QED) is 0.600. The normalized spacial score (nSPS) is 10.3. The van der Waals surface area contributed by atoms with Gasteiger partial charge in [0, 0.05) is 23.6 Å². The number of carbonyl (C=O) groups is 2. The Hall–Kier alpha value is -3.18. The minimum atomic E-state index is -0.523. The topological polar surface area (TPSA) is 59.5 Å². The van der Waals surface area contributed by atoms with Crippen molar-refractivity contribution < 1.29 is 14.3 Å². The Morgan fingerprint density at radius 2 is 1.59 bits per heavy atom. The van der Waals surface area contributed by atoms with Gasteiger partial charge in [-0.3, -0.25) is 9.78 Å². The predicted octanol–water partition coefficient (Wildman–Crippen LogP) is 4.24. The minimum Gasteiger partial charge on any atom is -0.460 e. The summed E-state index contributed by atoms with van der Waals surface area (Å²) < 4.78 is 5.32. The van der Waals surface area contributed by atoms with Crippen LogP contribution in [0.15, 0.2) is 79.1 Å². The van der Waals surface area contributed by atoms with Gasteiger partial charge in [0.2, 0.25) is 0 Å². The summed E-state index contributed by atoms with van der Waals surface area (Å²) in [5.41, 5.74) is 1.52. The van der Waals surface area contributed by atoms with Gasteiger partial charge < -0.3 is 9.64 Å². The number of esters is 1. The summed E-state index contributed by atoms with van der Waals surface area (Å²) in [6, 6.07) is 19.2. The number of aromatic nitrogens is 1. The molecule has 0 radical (unpaired) electrons. The SMILES string of the molecule is O=C(OCCN(C(=O)c1ccncc1)c1ccccc1)c1ccccc1Cl. The Morgan fingerprint density at radius 3 is 2.30 bits per heavy atom. The standard InChI is InChI=1S/C21H17ClN2O3/c22-19-9-5-4-8-18(19)21(26)27-15-14-24(17-6-2-1-3-7-17)20(25)16-10-12-23-13-11-16/h1-13H,14-15H2. The zero-order valence-electron chi connectivity index (χ0n) is 14.4. The zero-order chi connectivity index (χ0) is 19.1. The van der Waals surface area contributed by atoms with Crippen LogP contribution in [0.4, 0.5) is 5.69 Å². The zero-order valence-corrected chi connectivity index (χ0v) is 15.2. The Balaban J connectivity index is 1.72. The van der Waals surface area contributed by atoms with Crippen LogP contribution in [0.5, 0.6) is 0 Å². The molecule has 0 aliphatic carbocycles. The maximum absolute atomic E-state index is 12.9. The Bertz CT molecular complexity index is 917. The number of hydrogen-bond donors (Lipinski definition) is 0. The van der Waals surface area contributed by atoms with E-state index in [1.807, 2.05) is 30.3 Å². The first kappa shape index (κ1) is 18.6. The monoisotopic (exact) mass is 380 g/mol. The van der Waals surface area contributed by atoms with E-state index < -0.39 is 5.97 Å². The number of pyridine rings is 1. The molecule has 0 aliphatic rings. The van der Waals surface area contributed by atoms with Crippen molar-refractivity contribution in [3.05, 3.63) is 95.3 Å². The lowest BCUT2D eigenvalue weighted by atomic mass is 10.2. The molecule has 0 fully saturated rings. The maximum atomic E-state index is 12.9. The number of halogens is 1. The van der Waals surface area contributed by atoms with E-state index in [1.165, 1.54) is 0 Å². The summed E-state index contributed by atoms with van der Waals surface area (Å²) in [6.07, 6.45) is 3.13. The van der Waals surface area contributed by atoms with Gasteiger partial charge in [0.25, 0.3) is 5.91 Å². The third-order valence-corrected chi connectivity index (χ3v) is 4.21. The molecule has 0 bridgehead atoms. The van der Waals surface area contributed by atoms with Crippen LogP contribution in [0.1, 0.15) is 20.7 Å². The predicted molar refractivity (Wildman–Crippen MR) is 104 cm³/mol. The molecule has 0 atom stereocenters. The van der Waals surface area contributed by atoms with Gasteiger partial charge in [-0.15, -0.1) is 0 Å². The van der Waals surface area contributed by atoms with E-state index in [2.05, 4.69) is 4.98 Å². The van der Waals surface area contributed by atoms with E-state index in [1.54, 1.807) is 53.7 Å². The number of ether oxygens (including phenoxy) is 1. The molecule has 0 spiro atoms. The summed E-state index contributed by atoms with van der Waals surface area (Å²) in [5, 5.41) is 0.329. The third-order valence-electron chi connectivity index (χ3n) is 3.88. The molecule has 0 saturated carbocycles. The molecule has 0 N–H and O–H groups in total. The number of nitrogens with zero attached hydrogens (tertiary/aromatic N) is 2. The van der Waals surface area contributed by atoms with Gasteiger partial charge in [-0.05, 0) is 36.4 Å². The maximum Gasteiger partial charge on any atom is 0.339 e. The summed E-state index contributed by atoms with van der Waals surface area (Å²) in [7, 11) is 0. The highest BCUT2D eigenvalue weighted by molar-refractivity contribution is 6.33. The molecule has 3 rings (SSSR count). The number of para-hydroxylation sites is 1. The van der Waals surface area contributed by atoms with Crippen molar-refractivity contribution in [3.63, 3.8) is 0 Å². The summed E-state index contributed by atoms with van der Waals surface area (Å²) in [4.78, 5) is 30.6. The van der Waals surface area contributed by atoms with E-state index in [9.17, 15) is 9.59 Å². The molecule has 1 aromatic heterocycles. The number of anilines is 1. The molecule has 3 aromatic rings. The summed E-state index contributed by atoms with van der Waals surface area (Å²) >= 11 is 6.02. The molecular weight excluding hydrogens is 364 g/mol. The van der Waals surface area contributed by atoms with E-state index in [-0.39, 0.29) is 19.1 Å². The molecule has 5 nitrogen and oxygen atoms in total. The Morgan fingerprint density at radius 1 is 0.926 bits per heavy atom. The Kier molecular flexibility index (Phi) is 6.18. The molecule has 0 saturated heterocycles. The molecule has 1 amide bonds. The van der Waals surface area contributed by atoms with Crippen molar-refractivity contribution in [1.82, 2.24) is 4.98 Å². The van der Waals surface area contributed by atoms with Crippen LogP contribution in [0, 0.1) is 0 Å². The second-order valence-electron chi connectivity index (χ2n) is 5.64. The van der Waals surface area contributed by atoms with Gasteiger partial charge in [0.1, 0.15) is 6.61 Å². The van der Waals surface area contributed by atoms with Crippen molar-refractivity contribution >= 4 is 29.2 Å². The first-order chi connectivity index (χ1) is 13.2. The van der Waals surface area contributed by atoms with E-state index >= 15 is 0 Å². The van der Waals surface area contributed by atoms with Gasteiger partial charge >= 0.3 is 5.97 Å². The van der Waals surface area contributed by atoms with Crippen molar-refractivity contribution in [1.29, 1.82) is 0 Å². The van der Waals surface area contributed by atoms with Crippen LogP contribution >= 0.6 is 11.6 Å². The highest BCUT2D eigenvalue weighted by atomic mass is 35.5. The van der Waals surface area contributed by atoms with Crippen LogP contribution in [0.2, 0.25) is 5.02 Å². The van der Waals surface area contributed by atoms with Crippen LogP contribution in [-0.4, -0.2) is 30.0 Å². The molecular formula is C21H17ClN2O3. The average molecular weight is 381 g/mol. The fraction of sp³-hybridized carbons (Fsp3) is 0.0952. The van der Waals surface area contributed by atoms with Gasteiger partial charge in [-0.2, -0.15) is 0 Å². The number of carbonyl (C=O) groups excluding carboxylic acids is 2. The number of amides is 1. The van der Waals surface area contributed by atoms with Crippen molar-refractivity contribution in [2.45, 2.75) is 0 Å². The van der Waals surface area contributed by atoms with E-state index in [4.69, 9.17) is 16.3 Å². The van der Waals surface area contributed by atoms with Gasteiger partial charge in [0.05, 0.1) is 17.1 Å². The smallest absolute Gasteiger partial charge is 0.339 e. The lowest BCUT2D eigenvalue weighted by Gasteiger charge is -2.23. The fourth-order valence-corrected chi connectivity index (χ4v) is 2.75. The lowest BCUT2D eigenvalue weighted by Crippen LogP contribution is -2.34. The number of hydrogen-bond acceptors (Lipinski definition) is 4. The van der Waals surface area contributed by atoms with Gasteiger partial charge in [0.15, 0.2) is 0 Å². The second-order valence-corrected chi connectivity index (χ2v) is 6.05. The molecule has 27 heavy (non-hydrogen) atoms. The van der Waals surface area contributed by atoms with Crippen LogP contribution < -0.4 is 4.90 Å². The molecule has 6 heteroatoms. The highest BCUT2D eigenvalue weighted by Gasteiger charge is 2.19. The van der Waals surface area contributed by atoms with E-state index in [0.29, 0.717) is 21.8 Å². The van der Waals surface area contributed by atoms with Crippen molar-refractivity contribution in [2.24, 2.45) is 0 Å². The number of rotatable bonds is 6. The summed E-state index contributed by atoms with van der Waals surface area (Å²) in [5.74, 6) is -0.720. The first-order valence-electron chi connectivity index (χ1n) is 8.35. The van der Waals surface area contributed by atoms with E-state index in [0.717, 1.165) is 0 Å². The van der Waals surface area contributed by atoms with Crippen LogP contribution in [-0.2, 0) is 4.74 Å². The minimum absolute atomic E-state index is 0.0375. The van der Waals surface area contributed by atoms with Crippen molar-refractivity contribution in [3.8, 4) is 0 Å². The van der Waals surface area contributed by atoms with Gasteiger partial charge in [-0.1, -0.05) is 41.9 Å². The van der Waals surface area contributed by atoms with Gasteiger partial charge in [-0.25, -0.2) is 4.79 Å². The molecule has 0 unspecified atom stereocenters. The molecule has 2 aromatic carbocycles. The summed E-state index contributed by atoms with van der Waals surface area (Å²) in [6.45, 7) is 0.247. The average Bonchev–Trinajstić information content (AvgIpc) is 2.72. The third kappa shape index (κ3) is 4.71. The highest BCUT2D eigenvalue weighted by Crippen LogP contribution is 2.18. The van der Waals surface area contributed by atoms with Crippen LogP contribution in [0.3, 0.4) is 0 Å².